The first kappa shape index (κ1) is 12.5. The van der Waals surface area contributed by atoms with Gasteiger partial charge in [0.2, 0.25) is 0 Å². The smallest absolute Gasteiger partial charge is 0.346 e. The van der Waals surface area contributed by atoms with Gasteiger partial charge in [-0.1, -0.05) is 30.9 Å². The van der Waals surface area contributed by atoms with Gasteiger partial charge in [-0.25, -0.2) is 4.79 Å². The molecule has 0 bridgehead atoms. The van der Waals surface area contributed by atoms with E-state index in [0.29, 0.717) is 17.9 Å². The SMILES string of the molecule is C=CCOc1ccccc1/C=C(\C#N)C(=O)O. The van der Waals surface area contributed by atoms with E-state index in [0.717, 1.165) is 0 Å². The third-order valence-electron chi connectivity index (χ3n) is 1.93. The van der Waals surface area contributed by atoms with Crippen LogP contribution >= 0.6 is 0 Å². The molecule has 0 amide bonds. The van der Waals surface area contributed by atoms with Gasteiger partial charge in [0.05, 0.1) is 0 Å². The first-order valence-electron chi connectivity index (χ1n) is 4.87. The summed E-state index contributed by atoms with van der Waals surface area (Å²) in [6.07, 6.45) is 2.86. The Morgan fingerprint density at radius 2 is 2.24 bits per heavy atom. The van der Waals surface area contributed by atoms with Crippen molar-refractivity contribution >= 4 is 12.0 Å². The van der Waals surface area contributed by atoms with Crippen LogP contribution < -0.4 is 4.74 Å². The number of nitrogens with zero attached hydrogens (tertiary/aromatic N) is 1. The lowest BCUT2D eigenvalue weighted by Crippen LogP contribution is -1.99. The molecule has 0 aliphatic carbocycles. The zero-order chi connectivity index (χ0) is 12.7. The number of benzene rings is 1. The average Bonchev–Trinajstić information content (AvgIpc) is 2.34. The lowest BCUT2D eigenvalue weighted by atomic mass is 10.1. The topological polar surface area (TPSA) is 70.3 Å². The monoisotopic (exact) mass is 229 g/mol. The highest BCUT2D eigenvalue weighted by atomic mass is 16.5. The maximum absolute atomic E-state index is 10.7. The predicted molar refractivity (Wildman–Crippen MR) is 63.4 cm³/mol. The van der Waals surface area contributed by atoms with Crippen molar-refractivity contribution in [2.24, 2.45) is 0 Å². The largest absolute Gasteiger partial charge is 0.489 e. The standard InChI is InChI=1S/C13H11NO3/c1-2-7-17-12-6-4-3-5-10(12)8-11(9-14)13(15)16/h2-6,8H,1,7H2,(H,15,16)/b11-8+. The Kier molecular flexibility index (Phi) is 4.52. The van der Waals surface area contributed by atoms with Crippen molar-refractivity contribution in [1.29, 1.82) is 5.26 Å². The van der Waals surface area contributed by atoms with Crippen molar-refractivity contribution in [3.63, 3.8) is 0 Å². The molecule has 0 aliphatic heterocycles. The zero-order valence-electron chi connectivity index (χ0n) is 9.09. The van der Waals surface area contributed by atoms with Gasteiger partial charge in [0.25, 0.3) is 0 Å². The second kappa shape index (κ2) is 6.13. The Morgan fingerprint density at radius 1 is 1.53 bits per heavy atom. The van der Waals surface area contributed by atoms with Crippen LogP contribution in [0.4, 0.5) is 0 Å². The molecule has 1 N–H and O–H groups in total. The van der Waals surface area contributed by atoms with Gasteiger partial charge in [-0.3, -0.25) is 0 Å². The van der Waals surface area contributed by atoms with Crippen molar-refractivity contribution in [3.05, 3.63) is 48.1 Å². The fourth-order valence-corrected chi connectivity index (χ4v) is 1.18. The van der Waals surface area contributed by atoms with Crippen LogP contribution in [0.15, 0.2) is 42.5 Å². The van der Waals surface area contributed by atoms with E-state index in [1.165, 1.54) is 6.08 Å². The predicted octanol–water partition coefficient (Wildman–Crippen LogP) is 2.24. The summed E-state index contributed by atoms with van der Waals surface area (Å²) < 4.78 is 5.35. The van der Waals surface area contributed by atoms with Gasteiger partial charge in [0.15, 0.2) is 0 Å². The second-order valence-corrected chi connectivity index (χ2v) is 3.11. The quantitative estimate of drug-likeness (QED) is 0.477. The first-order chi connectivity index (χ1) is 8.19. The average molecular weight is 229 g/mol. The number of hydrogen-bond donors (Lipinski definition) is 1. The summed E-state index contributed by atoms with van der Waals surface area (Å²) >= 11 is 0. The van der Waals surface area contributed by atoms with Crippen molar-refractivity contribution in [2.75, 3.05) is 6.61 Å². The minimum absolute atomic E-state index is 0.319. The van der Waals surface area contributed by atoms with E-state index in [1.54, 1.807) is 36.4 Å². The van der Waals surface area contributed by atoms with Crippen molar-refractivity contribution in [2.45, 2.75) is 0 Å². The van der Waals surface area contributed by atoms with Crippen LogP contribution in [0.3, 0.4) is 0 Å². The molecule has 1 aromatic carbocycles. The fraction of sp³-hybridized carbons (Fsp3) is 0.0769. The summed E-state index contributed by atoms with van der Waals surface area (Å²) in [5.41, 5.74) is 0.216. The molecule has 0 radical (unpaired) electrons. The highest BCUT2D eigenvalue weighted by Gasteiger charge is 2.08. The van der Waals surface area contributed by atoms with E-state index in [4.69, 9.17) is 15.1 Å². The van der Waals surface area contributed by atoms with Crippen molar-refractivity contribution < 1.29 is 14.6 Å². The summed E-state index contributed by atoms with van der Waals surface area (Å²) in [6, 6.07) is 8.50. The third kappa shape index (κ3) is 3.50. The zero-order valence-corrected chi connectivity index (χ0v) is 9.09. The molecule has 0 saturated carbocycles. The number of rotatable bonds is 5. The first-order valence-corrected chi connectivity index (χ1v) is 4.87. The molecule has 86 valence electrons. The molecule has 0 fully saturated rings. The molecule has 0 spiro atoms. The maximum atomic E-state index is 10.7. The van der Waals surface area contributed by atoms with Crippen LogP contribution in [-0.4, -0.2) is 17.7 Å². The number of ether oxygens (including phenoxy) is 1. The van der Waals surface area contributed by atoms with Crippen LogP contribution in [0.2, 0.25) is 0 Å². The highest BCUT2D eigenvalue weighted by molar-refractivity contribution is 5.96. The van der Waals surface area contributed by atoms with Crippen LogP contribution in [0, 0.1) is 11.3 Å². The van der Waals surface area contributed by atoms with Gasteiger partial charge in [0, 0.05) is 5.56 Å². The van der Waals surface area contributed by atoms with E-state index < -0.39 is 5.97 Å². The van der Waals surface area contributed by atoms with E-state index >= 15 is 0 Å². The van der Waals surface area contributed by atoms with E-state index in [2.05, 4.69) is 6.58 Å². The summed E-state index contributed by atoms with van der Waals surface area (Å²) in [5.74, 6) is -0.743. The number of nitriles is 1. The minimum Gasteiger partial charge on any atom is -0.489 e. The molecule has 1 aromatic rings. The summed E-state index contributed by atoms with van der Waals surface area (Å²) in [4.78, 5) is 10.7. The lowest BCUT2D eigenvalue weighted by Gasteiger charge is -2.06. The number of aliphatic carboxylic acids is 1. The molecule has 0 saturated heterocycles. The number of carboxylic acids is 1. The molecule has 0 unspecified atom stereocenters. The van der Waals surface area contributed by atoms with Gasteiger partial charge < -0.3 is 9.84 Å². The van der Waals surface area contributed by atoms with Crippen LogP contribution in [0.5, 0.6) is 5.75 Å². The van der Waals surface area contributed by atoms with Crippen molar-refractivity contribution in [3.8, 4) is 11.8 Å². The van der Waals surface area contributed by atoms with Gasteiger partial charge in [-0.05, 0) is 12.1 Å². The van der Waals surface area contributed by atoms with Crippen LogP contribution in [0.25, 0.3) is 6.08 Å². The summed E-state index contributed by atoms with van der Waals surface area (Å²) in [6.45, 7) is 3.84. The molecule has 4 heteroatoms. The van der Waals surface area contributed by atoms with Crippen molar-refractivity contribution in [1.82, 2.24) is 0 Å². The number of hydrogen-bond acceptors (Lipinski definition) is 3. The molecular formula is C13H11NO3. The Balaban J connectivity index is 3.09. The molecule has 0 atom stereocenters. The van der Waals surface area contributed by atoms with E-state index in [9.17, 15) is 4.79 Å². The number of carboxylic acid groups (broad SMARTS) is 1. The van der Waals surface area contributed by atoms with Gasteiger partial charge >= 0.3 is 5.97 Å². The second-order valence-electron chi connectivity index (χ2n) is 3.11. The Labute approximate surface area is 99.1 Å². The number of carbonyl (C=O) groups is 1. The van der Waals surface area contributed by atoms with E-state index in [-0.39, 0.29) is 5.57 Å². The highest BCUT2D eigenvalue weighted by Crippen LogP contribution is 2.20. The summed E-state index contributed by atoms with van der Waals surface area (Å²) in [7, 11) is 0. The molecule has 0 aromatic heterocycles. The Bertz CT molecular complexity index is 498. The van der Waals surface area contributed by atoms with Crippen LogP contribution in [0.1, 0.15) is 5.56 Å². The molecule has 0 aliphatic rings. The fourth-order valence-electron chi connectivity index (χ4n) is 1.18. The van der Waals surface area contributed by atoms with Crippen LogP contribution in [-0.2, 0) is 4.79 Å². The molecule has 0 heterocycles. The van der Waals surface area contributed by atoms with Gasteiger partial charge in [-0.2, -0.15) is 5.26 Å². The Morgan fingerprint density at radius 3 is 2.82 bits per heavy atom. The minimum atomic E-state index is -1.26. The summed E-state index contributed by atoms with van der Waals surface area (Å²) in [5, 5.41) is 17.4. The van der Waals surface area contributed by atoms with Gasteiger partial charge in [0.1, 0.15) is 24.0 Å². The lowest BCUT2D eigenvalue weighted by molar-refractivity contribution is -0.132. The maximum Gasteiger partial charge on any atom is 0.346 e. The Hall–Kier alpha value is -2.54. The van der Waals surface area contributed by atoms with E-state index in [1.807, 2.05) is 0 Å². The third-order valence-corrected chi connectivity index (χ3v) is 1.93. The molecule has 4 nitrogen and oxygen atoms in total. The number of para-hydroxylation sites is 1. The molecular weight excluding hydrogens is 218 g/mol. The normalized spacial score (nSPS) is 10.4. The molecule has 17 heavy (non-hydrogen) atoms. The molecule has 1 rings (SSSR count). The van der Waals surface area contributed by atoms with Gasteiger partial charge in [-0.15, -0.1) is 0 Å².